The van der Waals surface area contributed by atoms with E-state index in [9.17, 15) is 17.6 Å². The first kappa shape index (κ1) is 94.0. The Balaban J connectivity index is 0.000000164. The van der Waals surface area contributed by atoms with Crippen LogP contribution in [0.1, 0.15) is 0 Å². The fourth-order valence-electron chi connectivity index (χ4n) is 21.0. The Morgan fingerprint density at radius 3 is 0.493 bits per heavy atom. The second-order valence-electron chi connectivity index (χ2n) is 39.9. The molecule has 0 aliphatic rings. The van der Waals surface area contributed by atoms with E-state index in [4.69, 9.17) is 0 Å². The van der Waals surface area contributed by atoms with Crippen molar-refractivity contribution in [2.75, 3.05) is 19.6 Å². The Morgan fingerprint density at radius 1 is 0.142 bits per heavy atom. The zero-order chi connectivity index (χ0) is 101. The Kier molecular flexibility index (Phi) is 24.7. The largest absolute Gasteiger partial charge is 0.310 e. The molecule has 0 N–H and O–H groups in total. The zero-order valence-electron chi connectivity index (χ0n) is 81.8. The van der Waals surface area contributed by atoms with Gasteiger partial charge in [0.15, 0.2) is 0 Å². The van der Waals surface area contributed by atoms with Gasteiger partial charge in [-0.1, -0.05) is 280 Å². The van der Waals surface area contributed by atoms with Crippen molar-refractivity contribution in [3.05, 3.63) is 520 Å². The summed E-state index contributed by atoms with van der Waals surface area (Å²) < 4.78 is 120. The minimum Gasteiger partial charge on any atom is -0.310 e. The van der Waals surface area contributed by atoms with E-state index in [1.807, 2.05) is 109 Å². The Hall–Kier alpha value is -17.6. The molecule has 716 valence electrons. The average Bonchev–Trinajstić information content (AvgIpc) is 0.718. The molecule has 0 radical (unpaired) electrons. The molecule has 0 spiro atoms. The van der Waals surface area contributed by atoms with Gasteiger partial charge in [0.1, 0.15) is 46.5 Å². The van der Waals surface area contributed by atoms with Crippen molar-refractivity contribution >= 4 is 159 Å². The van der Waals surface area contributed by atoms with E-state index in [1.54, 1.807) is 72.8 Å². The van der Waals surface area contributed by atoms with Crippen LogP contribution in [-0.4, -0.2) is 16.1 Å². The van der Waals surface area contributed by atoms with Crippen LogP contribution in [0.25, 0.3) is 154 Å². The van der Waals surface area contributed by atoms with Gasteiger partial charge in [0.05, 0.1) is 38.9 Å². The predicted molar refractivity (Wildman–Crippen MR) is 608 cm³/mol. The van der Waals surface area contributed by atoms with E-state index in [0.717, 1.165) is 177 Å². The summed E-state index contributed by atoms with van der Waals surface area (Å²) in [6, 6.07) is 150. The molecule has 0 aromatic heterocycles. The first-order chi connectivity index (χ1) is 71.8. The number of para-hydroxylation sites is 2. The van der Waals surface area contributed by atoms with Gasteiger partial charge in [0.25, 0.3) is 0 Å². The van der Waals surface area contributed by atoms with Gasteiger partial charge in [0.2, 0.25) is 0 Å². The molecule has 148 heavy (non-hydrogen) atoms. The summed E-state index contributed by atoms with van der Waals surface area (Å²) in [6.07, 6.45) is 0. The third-order valence-corrected chi connectivity index (χ3v) is 32.3. The van der Waals surface area contributed by atoms with Crippen LogP contribution < -0.4 is 30.0 Å². The lowest BCUT2D eigenvalue weighted by Crippen LogP contribution is -2.37. The van der Waals surface area contributed by atoms with Crippen molar-refractivity contribution in [2.24, 2.45) is 0 Å². The summed E-state index contributed by atoms with van der Waals surface area (Å²) in [5, 5.41) is 15.3. The minimum atomic E-state index is -1.70. The molecule has 0 bridgehead atoms. The molecule has 24 aromatic rings. The van der Waals surface area contributed by atoms with Crippen molar-refractivity contribution in [3.8, 4) is 89.0 Å². The van der Waals surface area contributed by atoms with Crippen molar-refractivity contribution < 1.29 is 35.1 Å². The molecule has 0 unspecified atom stereocenters. The fraction of sp³-hybridized carbons (Fsp3) is 0.0448. The first-order valence-corrected chi connectivity index (χ1v) is 56.4. The van der Waals surface area contributed by atoms with E-state index in [0.29, 0.717) is 44.5 Å². The molecule has 0 saturated heterocycles. The molecule has 4 nitrogen and oxygen atoms in total. The van der Waals surface area contributed by atoms with Gasteiger partial charge < -0.3 is 19.6 Å². The van der Waals surface area contributed by atoms with Crippen LogP contribution in [0.5, 0.6) is 0 Å². The maximum absolute atomic E-state index is 15.1. The highest BCUT2D eigenvalue weighted by Crippen LogP contribution is 2.54. The number of benzene rings is 24. The van der Waals surface area contributed by atoms with Crippen LogP contribution in [0.4, 0.5) is 103 Å². The highest BCUT2D eigenvalue weighted by Gasteiger charge is 2.30. The molecule has 0 atom stereocenters. The topological polar surface area (TPSA) is 13.0 Å². The van der Waals surface area contributed by atoms with Crippen molar-refractivity contribution in [3.63, 3.8) is 0 Å². The zero-order valence-corrected chi connectivity index (χ0v) is 83.8. The summed E-state index contributed by atoms with van der Waals surface area (Å²) >= 11 is 0. The SMILES string of the molecule is C[Si](C)(C)c1ccc(N(c2cc(-c3cccc(F)c3)cc(-c3cccc(F)c3)c2)c2ccc3ccc4c(N(c5ccc([Si](C)(C)C)cc5)c5cc(-c6cccc(F)c6)cc(-c6cccc(F)c6)c5)ccc5ccc2c3c54)cc1.Fc1cccc(-c2cc(-c3cccc(F)c3)cc(N(c3ccccc3)c3ccc4ccc5c(N(c6ccccc6)c6cc(-c7cccc(F)c7)cc(-c7cccc(F)c7)c6)ccc6ccc3c4c65)c2)c1. The highest BCUT2D eigenvalue weighted by atomic mass is 28.3. The Morgan fingerprint density at radius 2 is 0.318 bits per heavy atom. The lowest BCUT2D eigenvalue weighted by atomic mass is 9.91. The second-order valence-corrected chi connectivity index (χ2v) is 50.1. The predicted octanol–water partition coefficient (Wildman–Crippen LogP) is 38.6. The molecule has 0 aliphatic carbocycles. The summed E-state index contributed by atoms with van der Waals surface area (Å²) in [7, 11) is -3.40. The molecular formula is C134H96F8N4Si2. The second kappa shape index (κ2) is 38.8. The van der Waals surface area contributed by atoms with E-state index in [2.05, 4.69) is 277 Å². The monoisotopic (exact) mass is 1970 g/mol. The van der Waals surface area contributed by atoms with Crippen molar-refractivity contribution in [2.45, 2.75) is 39.3 Å². The third-order valence-electron chi connectivity index (χ3n) is 28.2. The number of nitrogens with zero attached hydrogens (tertiary/aromatic N) is 4. The van der Waals surface area contributed by atoms with Gasteiger partial charge in [-0.15, -0.1) is 0 Å². The molecular weight excluding hydrogens is 1870 g/mol. The van der Waals surface area contributed by atoms with E-state index < -0.39 is 16.1 Å². The van der Waals surface area contributed by atoms with Gasteiger partial charge in [-0.25, -0.2) is 35.1 Å². The van der Waals surface area contributed by atoms with Crippen LogP contribution in [0.15, 0.2) is 473 Å². The highest BCUT2D eigenvalue weighted by molar-refractivity contribution is 6.89. The summed E-state index contributed by atoms with van der Waals surface area (Å²) in [5.41, 5.74) is 22.6. The number of hydrogen-bond donors (Lipinski definition) is 0. The third kappa shape index (κ3) is 18.6. The molecule has 0 saturated carbocycles. The maximum Gasteiger partial charge on any atom is 0.123 e. The fourth-order valence-corrected chi connectivity index (χ4v) is 23.4. The van der Waals surface area contributed by atoms with Gasteiger partial charge in [-0.05, 0) is 375 Å². The molecule has 0 aliphatic heterocycles. The van der Waals surface area contributed by atoms with Crippen LogP contribution in [0, 0.1) is 46.5 Å². The first-order valence-electron chi connectivity index (χ1n) is 49.4. The summed E-state index contributed by atoms with van der Waals surface area (Å²) in [6.45, 7) is 14.1. The normalized spacial score (nSPS) is 11.7. The Labute approximate surface area is 856 Å². The summed E-state index contributed by atoms with van der Waals surface area (Å²) in [4.78, 5) is 9.01. The van der Waals surface area contributed by atoms with Crippen LogP contribution in [-0.2, 0) is 0 Å². The maximum atomic E-state index is 15.1. The number of rotatable bonds is 22. The lowest BCUT2D eigenvalue weighted by Gasteiger charge is -2.31. The molecule has 0 amide bonds. The van der Waals surface area contributed by atoms with E-state index >= 15 is 17.6 Å². The molecule has 24 rings (SSSR count). The number of hydrogen-bond acceptors (Lipinski definition) is 4. The van der Waals surface area contributed by atoms with Crippen LogP contribution in [0.3, 0.4) is 0 Å². The van der Waals surface area contributed by atoms with E-state index in [-0.39, 0.29) is 46.5 Å². The molecule has 14 heteroatoms. The average molecular weight is 1970 g/mol. The van der Waals surface area contributed by atoms with Gasteiger partial charge in [-0.3, -0.25) is 0 Å². The smallest absolute Gasteiger partial charge is 0.123 e. The van der Waals surface area contributed by atoms with Crippen molar-refractivity contribution in [1.82, 2.24) is 0 Å². The van der Waals surface area contributed by atoms with Crippen molar-refractivity contribution in [1.29, 1.82) is 0 Å². The summed E-state index contributed by atoms with van der Waals surface area (Å²) in [5.74, 6) is -2.77. The molecule has 0 heterocycles. The standard InChI is InChI=1S/C70H56F4N2Si2.C64H40F4N2/c1-77(2,3)63-27-23-59(24-28-63)75(61-41-51(47-11-7-15-55(71)37-47)35-52(42-61)48-12-8-16-56(72)38-48)67-33-21-45-20-32-66-68(34-22-46-19-31-65(67)69(45)70(46)66)76(60-25-29-64(30-26-60)78(4,5)6)62-43-53(49-13-9-17-57(73)39-49)36-54(44-62)50-14-10-18-58(74)40-50;65-51-15-7-11-43(33-51)47-31-48(44-12-8-16-52(66)34-44)38-57(37-47)69(55-19-3-1-4-20-55)61-29-25-41-24-28-60-62(30-26-42-23-27-59(61)63(41)64(42)60)70(56-21-5-2-6-22-56)58-39-49(45-13-9-17-53(67)35-45)32-50(40-58)46-14-10-18-54(68)36-46/h7-44H,1-6H3;1-40H. The molecule has 0 fully saturated rings. The lowest BCUT2D eigenvalue weighted by molar-refractivity contribution is 0.628. The quantitative estimate of drug-likeness (QED) is 0.0381. The van der Waals surface area contributed by atoms with Gasteiger partial charge >= 0.3 is 0 Å². The van der Waals surface area contributed by atoms with Crippen LogP contribution >= 0.6 is 0 Å². The molecule has 24 aromatic carbocycles. The number of anilines is 12. The van der Waals surface area contributed by atoms with Gasteiger partial charge in [0, 0.05) is 67.0 Å². The van der Waals surface area contributed by atoms with E-state index in [1.165, 1.54) is 83.2 Å². The minimum absolute atomic E-state index is 0.344. The number of halogens is 8. The van der Waals surface area contributed by atoms with Gasteiger partial charge in [-0.2, -0.15) is 0 Å². The van der Waals surface area contributed by atoms with Crippen LogP contribution in [0.2, 0.25) is 39.3 Å². The Bertz CT molecular complexity index is 8420.